The Morgan fingerprint density at radius 3 is 0.960 bits per heavy atom. The van der Waals surface area contributed by atoms with Crippen LogP contribution in [-0.2, 0) is 144 Å². The van der Waals surface area contributed by atoms with Gasteiger partial charge in [0.05, 0.1) is 103 Å². The molecule has 45 nitrogen and oxygen atoms in total. The van der Waals surface area contributed by atoms with E-state index in [9.17, 15) is 108 Å². The summed E-state index contributed by atoms with van der Waals surface area (Å²) in [5.41, 5.74) is 0. The van der Waals surface area contributed by atoms with Crippen molar-refractivity contribution >= 4 is 56.5 Å². The summed E-state index contributed by atoms with van der Waals surface area (Å²) in [5.74, 6) is -2.52. The summed E-state index contributed by atoms with van der Waals surface area (Å²) in [6.07, 6.45) is -12.4. The van der Waals surface area contributed by atoms with E-state index in [-0.39, 0.29) is 140 Å². The molecule has 0 radical (unpaired) electrons. The van der Waals surface area contributed by atoms with Crippen molar-refractivity contribution in [2.75, 3.05) is 126 Å². The lowest BCUT2D eigenvalue weighted by atomic mass is 9.86. The molecule has 6 aliphatic heterocycles. The van der Waals surface area contributed by atoms with Crippen LogP contribution in [0.3, 0.4) is 0 Å². The third kappa shape index (κ3) is 41.7. The third-order valence-electron chi connectivity index (χ3n) is 21.5. The molecule has 0 saturated carbocycles. The van der Waals surface area contributed by atoms with Crippen LogP contribution in [0.25, 0.3) is 0 Å². The number of aliphatic hydroxyl groups excluding tert-OH is 9. The number of ketones is 3. The number of hydrogen-bond acceptors (Lipinski definition) is 40. The Morgan fingerprint density at radius 1 is 0.306 bits per heavy atom. The molecule has 6 aliphatic rings. The fraction of sp³-hybridized carbons (Fsp3) is 0.959. The summed E-state index contributed by atoms with van der Waals surface area (Å²) in [6.45, 7) is 0.619. The number of carbonyl (C=O) groups excluding carboxylic acids is 3. The Bertz CT molecular complexity index is 3240. The zero-order valence-corrected chi connectivity index (χ0v) is 75.7. The minimum atomic E-state index is -5.06. The van der Waals surface area contributed by atoms with Gasteiger partial charge in [-0.15, -0.1) is 0 Å². The molecule has 0 aromatic carbocycles. The molecule has 728 valence electrons. The molecule has 0 spiro atoms. The normalized spacial score (nSPS) is 33.0. The van der Waals surface area contributed by atoms with Gasteiger partial charge in [0.25, 0.3) is 0 Å². The quantitative estimate of drug-likeness (QED) is 0.0299. The van der Waals surface area contributed by atoms with E-state index in [1.165, 1.54) is 7.11 Å². The highest BCUT2D eigenvalue weighted by atomic mass is 31.2. The number of phosphoric acid groups is 5. The van der Waals surface area contributed by atoms with Crippen molar-refractivity contribution in [3.63, 3.8) is 0 Å². The topological polar surface area (TPSA) is 632 Å². The van der Waals surface area contributed by atoms with E-state index in [0.29, 0.717) is 83.5 Å². The van der Waals surface area contributed by atoms with Gasteiger partial charge in [0, 0.05) is 95.7 Å². The lowest BCUT2D eigenvalue weighted by Gasteiger charge is -2.41. The molecule has 14 unspecified atom stereocenters. The van der Waals surface area contributed by atoms with Gasteiger partial charge in [-0.25, -0.2) is 22.8 Å². The van der Waals surface area contributed by atoms with Gasteiger partial charge in [0.1, 0.15) is 74.8 Å². The molecule has 6 fully saturated rings. The molecule has 0 aromatic rings. The van der Waals surface area contributed by atoms with E-state index in [4.69, 9.17) is 107 Å². The maximum Gasteiger partial charge on any atom is 0.472 e. The number of Topliss-reactive ketones (excluding diaryl/α,β-unsaturated/α-hetero) is 3. The molecule has 0 bridgehead atoms. The molecule has 0 amide bonds. The lowest BCUT2D eigenvalue weighted by molar-refractivity contribution is -0.280. The van der Waals surface area contributed by atoms with Crippen LogP contribution in [0.5, 0.6) is 0 Å². The van der Waals surface area contributed by atoms with Crippen molar-refractivity contribution in [2.24, 2.45) is 23.7 Å². The number of unbranched alkanes of at least 4 members (excludes halogenated alkanes) is 12. The van der Waals surface area contributed by atoms with Crippen LogP contribution in [0, 0.1) is 23.7 Å². The lowest BCUT2D eigenvalue weighted by Crippen LogP contribution is -2.55. The summed E-state index contributed by atoms with van der Waals surface area (Å²) in [5, 5.41) is 90.3. The van der Waals surface area contributed by atoms with Crippen LogP contribution in [0.15, 0.2) is 0 Å². The first-order valence-electron chi connectivity index (χ1n) is 42.6. The zero-order chi connectivity index (χ0) is 91.1. The molecule has 50 heteroatoms. The van der Waals surface area contributed by atoms with Crippen LogP contribution in [0.4, 0.5) is 0 Å². The maximum atomic E-state index is 13.4. The average Bonchev–Trinajstić information content (AvgIpc) is 1.39. The van der Waals surface area contributed by atoms with Crippen molar-refractivity contribution in [1.29, 1.82) is 0 Å². The van der Waals surface area contributed by atoms with Crippen molar-refractivity contribution in [3.05, 3.63) is 0 Å². The number of methoxy groups -OCH3 is 1. The monoisotopic (exact) mass is 1900 g/mol. The first-order valence-corrected chi connectivity index (χ1v) is 50.1. The summed E-state index contributed by atoms with van der Waals surface area (Å²) in [6, 6.07) is 0. The molecule has 6 rings (SSSR count). The fourth-order valence-electron chi connectivity index (χ4n) is 14.0. The van der Waals surface area contributed by atoms with Crippen LogP contribution in [-0.4, -0.2) is 337 Å². The average molecular weight is 1900 g/mol. The van der Waals surface area contributed by atoms with E-state index >= 15 is 0 Å². The maximum absolute atomic E-state index is 13.4. The van der Waals surface area contributed by atoms with Crippen LogP contribution in [0.1, 0.15) is 182 Å². The second-order valence-corrected chi connectivity index (χ2v) is 38.8. The van der Waals surface area contributed by atoms with Crippen molar-refractivity contribution in [3.8, 4) is 0 Å². The Morgan fingerprint density at radius 2 is 0.605 bits per heavy atom. The number of hydrogen-bond donors (Lipinski definition) is 14. The Balaban J connectivity index is 0.899. The number of carbonyl (C=O) groups is 3. The molecular weight excluding hydrogens is 1760 g/mol. The Hall–Kier alpha value is -1.32. The van der Waals surface area contributed by atoms with Gasteiger partial charge in [-0.2, -0.15) is 0 Å². The summed E-state index contributed by atoms with van der Waals surface area (Å²) >= 11 is 0. The van der Waals surface area contributed by atoms with Gasteiger partial charge in [0.2, 0.25) is 0 Å². The highest BCUT2D eigenvalue weighted by Gasteiger charge is 2.48. The number of rotatable bonds is 69. The predicted molar refractivity (Wildman–Crippen MR) is 426 cm³/mol. The predicted octanol–water partition coefficient (Wildman–Crippen LogP) is 4.24. The van der Waals surface area contributed by atoms with Crippen molar-refractivity contribution < 1.29 is 214 Å². The van der Waals surface area contributed by atoms with Gasteiger partial charge in [0.15, 0.2) is 55.1 Å². The Kier molecular flexibility index (Phi) is 52.2. The van der Waals surface area contributed by atoms with E-state index in [0.717, 1.165) is 19.3 Å². The van der Waals surface area contributed by atoms with Gasteiger partial charge in [-0.05, 0) is 57.8 Å². The molecule has 6 heterocycles. The van der Waals surface area contributed by atoms with E-state index in [2.05, 4.69) is 0 Å². The number of aliphatic hydroxyl groups is 9. The van der Waals surface area contributed by atoms with Crippen LogP contribution >= 0.6 is 39.1 Å². The second kappa shape index (κ2) is 58.1. The third-order valence-corrected chi connectivity index (χ3v) is 26.5. The molecule has 29 atom stereocenters. The first kappa shape index (κ1) is 111. The molecule has 14 N–H and O–H groups in total. The SMILES string of the molecule is COCCCOP(=O)(O)OCC1O[C@@H](OCCCCCCCC(=O)CO[C@@H]2OC(CO)[C@H](O)[C@H](O)C2C)C[C@H]1OP(=O)(O)OCCCOP(=O)(O)OCC1O[C@@H](OCCCCCCCC(=O)CO[C@@H]2OC(CO)[C@H](O)[C@H](O)C2C)C[C@H]1OP(=O)(O)OCCCOP(=O)(O)OCC1O[C@@H](OCCCCCCCC(=O)CO[C@@H]2OC(CO)[C@H](C)[C@H](O)C2C)C[C@H]1O. The smallest absolute Gasteiger partial charge is 0.394 e. The van der Waals surface area contributed by atoms with E-state index in [1.54, 1.807) is 27.7 Å². The summed E-state index contributed by atoms with van der Waals surface area (Å²) in [4.78, 5) is 90.9. The van der Waals surface area contributed by atoms with Gasteiger partial charge >= 0.3 is 39.1 Å². The second-order valence-electron chi connectivity index (χ2n) is 31.6. The first-order chi connectivity index (χ1) is 58.9. The van der Waals surface area contributed by atoms with E-state index in [1.807, 2.05) is 0 Å². The highest BCUT2D eigenvalue weighted by molar-refractivity contribution is 7.48. The molecule has 124 heavy (non-hydrogen) atoms. The minimum Gasteiger partial charge on any atom is -0.394 e. The van der Waals surface area contributed by atoms with Gasteiger partial charge in [-0.1, -0.05) is 85.5 Å². The van der Waals surface area contributed by atoms with Crippen molar-refractivity contribution in [1.82, 2.24) is 0 Å². The Labute approximate surface area is 722 Å². The van der Waals surface area contributed by atoms with Gasteiger partial charge in [-0.3, -0.25) is 59.6 Å². The molecular formula is C74H137O45P5. The van der Waals surface area contributed by atoms with E-state index < -0.39 is 234 Å². The fourth-order valence-corrected chi connectivity index (χ4v) is 18.3. The van der Waals surface area contributed by atoms with Crippen LogP contribution in [0.2, 0.25) is 0 Å². The molecule has 6 saturated heterocycles. The standard InChI is InChI=1S/C74H137O45P5/c1-48-58(39-75)115-72(49(2)67(48)82)101-42-52(78)24-15-9-6-12-18-28-98-64-36-55(81)61(112-64)45-109-120(87,88)105-32-22-34-107-123(93,94)119-57-38-66(100-30-20-14-8-11-17-26-54(80)44-103-74-51(4)69(84)71(86)60(41-77)117-74)114-63(57)47-111-122(91,92)106-33-23-35-108-124(95,96)118-56-37-65(113-62(56)46-110-121(89,90)104-31-21-27-97-5)99-29-19-13-7-10-16-25-53(79)43-102-73-50(3)68(83)70(85)59(40-76)116-73/h48-51,55-77,81-86H,6-47H2,1-5H3,(H,87,88)(H,89,90)(H,91,92)(H,93,94)(H,95,96)/t48-,49?,50?,51?,55+,56+,57+,58?,59?,60?,61?,62?,63?,64+,65+,66+,67-,68+,69+,70-,71-,72+,73+,74+/m0/s1. The largest absolute Gasteiger partial charge is 0.472 e. The van der Waals surface area contributed by atoms with Gasteiger partial charge < -0.3 is 132 Å². The zero-order valence-electron chi connectivity index (χ0n) is 71.2. The summed E-state index contributed by atoms with van der Waals surface area (Å²) in [7, 11) is -23.2. The molecule has 0 aliphatic carbocycles. The number of ether oxygens (including phenoxy) is 13. The minimum absolute atomic E-state index is 0.0468. The van der Waals surface area contributed by atoms with Crippen molar-refractivity contribution in [2.45, 2.75) is 305 Å². The van der Waals surface area contributed by atoms with Crippen LogP contribution < -0.4 is 0 Å². The number of phosphoric ester groups is 5. The summed E-state index contributed by atoms with van der Waals surface area (Å²) < 4.78 is 191. The highest BCUT2D eigenvalue weighted by Crippen LogP contribution is 2.52. The molecule has 0 aromatic heterocycles.